The number of oxazole rings is 1. The summed E-state index contributed by atoms with van der Waals surface area (Å²) in [5.41, 5.74) is -0.221. The van der Waals surface area contributed by atoms with Gasteiger partial charge >= 0.3 is 5.97 Å². The molecule has 2 heterocycles. The van der Waals surface area contributed by atoms with Crippen molar-refractivity contribution in [3.05, 3.63) is 42.0 Å². The number of benzene rings is 1. The summed E-state index contributed by atoms with van der Waals surface area (Å²) in [6, 6.07) is 5.64. The van der Waals surface area contributed by atoms with Crippen LogP contribution in [-0.2, 0) is 16.0 Å². The summed E-state index contributed by atoms with van der Waals surface area (Å²) in [4.78, 5) is 27.8. The number of hydrogen-bond acceptors (Lipinski definition) is 5. The summed E-state index contributed by atoms with van der Waals surface area (Å²) in [7, 11) is 0. The minimum Gasteiger partial charge on any atom is -0.479 e. The van der Waals surface area contributed by atoms with Crippen LogP contribution in [0.3, 0.4) is 0 Å². The Labute approximate surface area is 141 Å². The molecule has 0 saturated carbocycles. The first-order valence-corrected chi connectivity index (χ1v) is 8.46. The highest BCUT2D eigenvalue weighted by atomic mass is 32.2. The Morgan fingerprint density at radius 3 is 2.75 bits per heavy atom. The number of rotatable bonds is 5. The van der Waals surface area contributed by atoms with Crippen LogP contribution in [0, 0.1) is 5.82 Å². The Hall–Kier alpha value is -2.35. The largest absolute Gasteiger partial charge is 0.479 e. The number of aromatic nitrogens is 1. The molecule has 1 aromatic heterocycles. The zero-order valence-electron chi connectivity index (χ0n) is 12.6. The number of thioether (sulfide) groups is 1. The summed E-state index contributed by atoms with van der Waals surface area (Å²) >= 11 is 1.50. The number of aliphatic carboxylic acids is 1. The quantitative estimate of drug-likeness (QED) is 0.858. The zero-order valence-corrected chi connectivity index (χ0v) is 13.4. The normalized spacial score (nSPS) is 20.0. The highest BCUT2D eigenvalue weighted by molar-refractivity contribution is 7.99. The number of carbonyl (C=O) groups excluding carboxylic acids is 1. The lowest BCUT2D eigenvalue weighted by Crippen LogP contribution is -2.55. The maximum atomic E-state index is 12.9. The summed E-state index contributed by atoms with van der Waals surface area (Å²) < 4.78 is 18.2. The second-order valence-electron chi connectivity index (χ2n) is 5.57. The van der Waals surface area contributed by atoms with E-state index in [1.165, 1.54) is 42.3 Å². The third-order valence-corrected chi connectivity index (χ3v) is 4.98. The first-order chi connectivity index (χ1) is 11.5. The van der Waals surface area contributed by atoms with Crippen LogP contribution < -0.4 is 5.32 Å². The number of nitrogens with one attached hydrogen (secondary N) is 1. The predicted molar refractivity (Wildman–Crippen MR) is 86.1 cm³/mol. The van der Waals surface area contributed by atoms with Crippen LogP contribution in [0.1, 0.15) is 12.1 Å². The number of carboxylic acid groups (broad SMARTS) is 1. The van der Waals surface area contributed by atoms with Crippen molar-refractivity contribution in [3.63, 3.8) is 0 Å². The van der Waals surface area contributed by atoms with Gasteiger partial charge in [0.15, 0.2) is 0 Å². The molecule has 1 saturated heterocycles. The molecule has 3 rings (SSSR count). The summed E-state index contributed by atoms with van der Waals surface area (Å²) in [6.07, 6.45) is 1.66. The molecule has 0 spiro atoms. The van der Waals surface area contributed by atoms with Crippen molar-refractivity contribution >= 4 is 23.6 Å². The fraction of sp³-hybridized carbons (Fsp3) is 0.312. The molecule has 6 nitrogen and oxygen atoms in total. The average molecular weight is 350 g/mol. The molecule has 0 radical (unpaired) electrons. The van der Waals surface area contributed by atoms with Crippen LogP contribution in [0.2, 0.25) is 0 Å². The standard InChI is InChI=1S/C16H15FN2O4S/c17-11-3-1-10(2-4-11)14-18-12(8-23-14)7-13(20)19-16(15(21)22)5-6-24-9-16/h1-4,8H,5-7,9H2,(H,19,20)(H,21,22). The second kappa shape index (κ2) is 6.64. The van der Waals surface area contributed by atoms with E-state index in [4.69, 9.17) is 4.42 Å². The summed E-state index contributed by atoms with van der Waals surface area (Å²) in [5, 5.41) is 12.0. The SMILES string of the molecule is O=C(Cc1coc(-c2ccc(F)cc2)n1)NC1(C(=O)O)CCSC1. The molecule has 2 N–H and O–H groups in total. The van der Waals surface area contributed by atoms with E-state index in [1.54, 1.807) is 0 Å². The van der Waals surface area contributed by atoms with Gasteiger partial charge in [-0.15, -0.1) is 0 Å². The molecular weight excluding hydrogens is 335 g/mol. The lowest BCUT2D eigenvalue weighted by Gasteiger charge is -2.24. The first kappa shape index (κ1) is 16.5. The number of carboxylic acids is 1. The highest BCUT2D eigenvalue weighted by Crippen LogP contribution is 2.28. The minimum absolute atomic E-state index is 0.0790. The number of carbonyl (C=O) groups is 2. The van der Waals surface area contributed by atoms with E-state index in [0.717, 1.165) is 0 Å². The van der Waals surface area contributed by atoms with Gasteiger partial charge in [-0.3, -0.25) is 4.79 Å². The third-order valence-electron chi connectivity index (χ3n) is 3.79. The van der Waals surface area contributed by atoms with Crippen molar-refractivity contribution in [2.24, 2.45) is 0 Å². The molecule has 1 aliphatic rings. The Balaban J connectivity index is 1.67. The summed E-state index contributed by atoms with van der Waals surface area (Å²) in [5.74, 6) is -0.466. The van der Waals surface area contributed by atoms with E-state index in [-0.39, 0.29) is 18.1 Å². The molecule has 24 heavy (non-hydrogen) atoms. The van der Waals surface area contributed by atoms with Crippen molar-refractivity contribution in [2.45, 2.75) is 18.4 Å². The highest BCUT2D eigenvalue weighted by Gasteiger charge is 2.43. The fourth-order valence-corrected chi connectivity index (χ4v) is 3.80. The fourth-order valence-electron chi connectivity index (χ4n) is 2.47. The lowest BCUT2D eigenvalue weighted by molar-refractivity contribution is -0.146. The maximum absolute atomic E-state index is 12.9. The monoisotopic (exact) mass is 350 g/mol. The second-order valence-corrected chi connectivity index (χ2v) is 6.67. The molecule has 1 aliphatic heterocycles. The number of hydrogen-bond donors (Lipinski definition) is 2. The molecule has 2 aromatic rings. The van der Waals surface area contributed by atoms with E-state index in [0.29, 0.717) is 29.2 Å². The molecule has 1 amide bonds. The van der Waals surface area contributed by atoms with Gasteiger partial charge in [0.25, 0.3) is 0 Å². The van der Waals surface area contributed by atoms with Crippen molar-refractivity contribution < 1.29 is 23.5 Å². The Morgan fingerprint density at radius 2 is 2.12 bits per heavy atom. The molecule has 0 bridgehead atoms. The molecule has 1 fully saturated rings. The molecule has 0 aliphatic carbocycles. The molecule has 1 aromatic carbocycles. The average Bonchev–Trinajstić information content (AvgIpc) is 3.18. The molecule has 8 heteroatoms. The van der Waals surface area contributed by atoms with Crippen molar-refractivity contribution in [1.82, 2.24) is 10.3 Å². The van der Waals surface area contributed by atoms with Gasteiger partial charge in [-0.25, -0.2) is 14.2 Å². The Bertz CT molecular complexity index is 754. The van der Waals surface area contributed by atoms with Crippen LogP contribution in [0.5, 0.6) is 0 Å². The topological polar surface area (TPSA) is 92.4 Å². The van der Waals surface area contributed by atoms with Crippen LogP contribution in [0.25, 0.3) is 11.5 Å². The molecule has 126 valence electrons. The molecule has 1 atom stereocenters. The van der Waals surface area contributed by atoms with Gasteiger partial charge in [-0.1, -0.05) is 0 Å². The minimum atomic E-state index is -1.20. The van der Waals surface area contributed by atoms with Gasteiger partial charge in [0, 0.05) is 11.3 Å². The van der Waals surface area contributed by atoms with Gasteiger partial charge < -0.3 is 14.8 Å². The maximum Gasteiger partial charge on any atom is 0.330 e. The Morgan fingerprint density at radius 1 is 1.38 bits per heavy atom. The predicted octanol–water partition coefficient (Wildman–Crippen LogP) is 2.10. The third kappa shape index (κ3) is 3.43. The van der Waals surface area contributed by atoms with Crippen LogP contribution >= 0.6 is 11.8 Å². The van der Waals surface area contributed by atoms with Gasteiger partial charge in [0.05, 0.1) is 12.1 Å². The summed E-state index contributed by atoms with van der Waals surface area (Å²) in [6.45, 7) is 0. The van der Waals surface area contributed by atoms with E-state index in [9.17, 15) is 19.1 Å². The van der Waals surface area contributed by atoms with Crippen LogP contribution in [0.4, 0.5) is 4.39 Å². The van der Waals surface area contributed by atoms with Crippen LogP contribution in [-0.4, -0.2) is 39.0 Å². The van der Waals surface area contributed by atoms with Crippen molar-refractivity contribution in [2.75, 3.05) is 11.5 Å². The van der Waals surface area contributed by atoms with Crippen molar-refractivity contribution in [1.29, 1.82) is 0 Å². The van der Waals surface area contributed by atoms with E-state index < -0.39 is 17.4 Å². The van der Waals surface area contributed by atoms with E-state index in [2.05, 4.69) is 10.3 Å². The number of amides is 1. The zero-order chi connectivity index (χ0) is 17.2. The van der Waals surface area contributed by atoms with E-state index >= 15 is 0 Å². The lowest BCUT2D eigenvalue weighted by atomic mass is 9.99. The Kier molecular flexibility index (Phi) is 4.57. The van der Waals surface area contributed by atoms with Gasteiger partial charge in [0.1, 0.15) is 17.6 Å². The van der Waals surface area contributed by atoms with Gasteiger partial charge in [0.2, 0.25) is 11.8 Å². The van der Waals surface area contributed by atoms with Crippen LogP contribution in [0.15, 0.2) is 34.9 Å². The molecule has 1 unspecified atom stereocenters. The van der Waals surface area contributed by atoms with E-state index in [1.807, 2.05) is 0 Å². The van der Waals surface area contributed by atoms with Crippen molar-refractivity contribution in [3.8, 4) is 11.5 Å². The number of halogens is 1. The number of nitrogens with zero attached hydrogens (tertiary/aromatic N) is 1. The van der Waals surface area contributed by atoms with Gasteiger partial charge in [-0.2, -0.15) is 11.8 Å². The first-order valence-electron chi connectivity index (χ1n) is 7.31. The smallest absolute Gasteiger partial charge is 0.330 e. The van der Waals surface area contributed by atoms with Gasteiger partial charge in [-0.05, 0) is 36.4 Å². The molecular formula is C16H15FN2O4S.